The smallest absolute Gasteiger partial charge is 0.343 e. The lowest BCUT2D eigenvalue weighted by molar-refractivity contribution is 0.0522. The molecule has 0 saturated heterocycles. The molecule has 6 heteroatoms. The maximum Gasteiger partial charge on any atom is 0.343 e. The molecule has 3 N–H and O–H groups in total. The van der Waals surface area contributed by atoms with Crippen LogP contribution in [-0.2, 0) is 11.3 Å². The molecule has 110 valence electrons. The molecule has 0 aliphatic rings. The van der Waals surface area contributed by atoms with E-state index in [4.69, 9.17) is 15.2 Å². The van der Waals surface area contributed by atoms with Crippen molar-refractivity contribution < 1.29 is 19.4 Å². The first-order chi connectivity index (χ1) is 10.2. The summed E-state index contributed by atoms with van der Waals surface area (Å²) in [5.74, 6) is -0.0554. The molecule has 0 aliphatic heterocycles. The zero-order chi connectivity index (χ0) is 15.2. The molecule has 2 rings (SSSR count). The van der Waals surface area contributed by atoms with Gasteiger partial charge in [0.2, 0.25) is 5.88 Å². The number of nitrogens with two attached hydrogens (primary N) is 1. The zero-order valence-electron chi connectivity index (χ0n) is 11.6. The lowest BCUT2D eigenvalue weighted by Gasteiger charge is -2.12. The molecule has 0 fully saturated rings. The molecular weight excluding hydrogens is 272 g/mol. The molecule has 0 spiro atoms. The van der Waals surface area contributed by atoms with Crippen molar-refractivity contribution in [2.75, 3.05) is 12.3 Å². The summed E-state index contributed by atoms with van der Waals surface area (Å²) in [6.07, 6.45) is 1.39. The highest BCUT2D eigenvalue weighted by Gasteiger charge is 2.17. The number of ether oxygens (including phenoxy) is 2. The number of benzene rings is 1. The molecule has 0 atom stereocenters. The Balaban J connectivity index is 2.37. The first-order valence-corrected chi connectivity index (χ1v) is 6.45. The molecule has 0 unspecified atom stereocenters. The van der Waals surface area contributed by atoms with Gasteiger partial charge >= 0.3 is 5.97 Å². The number of esters is 1. The number of para-hydroxylation sites is 1. The molecule has 0 radical (unpaired) electrons. The minimum atomic E-state index is -0.561. The van der Waals surface area contributed by atoms with E-state index in [9.17, 15) is 9.90 Å². The first kappa shape index (κ1) is 14.8. The van der Waals surface area contributed by atoms with Crippen LogP contribution in [0.15, 0.2) is 36.5 Å². The Kier molecular flexibility index (Phi) is 4.73. The third kappa shape index (κ3) is 3.49. The van der Waals surface area contributed by atoms with E-state index in [0.717, 1.165) is 0 Å². The van der Waals surface area contributed by atoms with E-state index >= 15 is 0 Å². The number of aromatic nitrogens is 1. The van der Waals surface area contributed by atoms with Crippen molar-refractivity contribution in [1.82, 2.24) is 4.98 Å². The molecule has 0 bridgehead atoms. The van der Waals surface area contributed by atoms with E-state index in [0.29, 0.717) is 17.0 Å². The largest absolute Gasteiger partial charge is 0.462 e. The molecular formula is C15H16N2O4. The van der Waals surface area contributed by atoms with Gasteiger partial charge in [-0.2, -0.15) is 0 Å². The summed E-state index contributed by atoms with van der Waals surface area (Å²) < 4.78 is 10.6. The summed E-state index contributed by atoms with van der Waals surface area (Å²) in [6, 6.07) is 8.38. The van der Waals surface area contributed by atoms with Gasteiger partial charge in [0.1, 0.15) is 11.3 Å². The van der Waals surface area contributed by atoms with E-state index in [-0.39, 0.29) is 24.7 Å². The Hall–Kier alpha value is -2.60. The van der Waals surface area contributed by atoms with Crippen LogP contribution in [0, 0.1) is 0 Å². The second-order valence-electron chi connectivity index (χ2n) is 4.21. The van der Waals surface area contributed by atoms with E-state index < -0.39 is 5.97 Å². The average molecular weight is 288 g/mol. The Morgan fingerprint density at radius 1 is 1.38 bits per heavy atom. The number of nitrogens with zero attached hydrogens (tertiary/aromatic N) is 1. The lowest BCUT2D eigenvalue weighted by Crippen LogP contribution is -2.09. The van der Waals surface area contributed by atoms with Gasteiger partial charge in [0, 0.05) is 5.56 Å². The van der Waals surface area contributed by atoms with Gasteiger partial charge in [0.25, 0.3) is 0 Å². The van der Waals surface area contributed by atoms with Crippen molar-refractivity contribution in [3.8, 4) is 11.6 Å². The van der Waals surface area contributed by atoms with Crippen LogP contribution in [0.5, 0.6) is 11.6 Å². The second kappa shape index (κ2) is 6.71. The highest BCUT2D eigenvalue weighted by atomic mass is 16.5. The molecule has 2 aromatic rings. The number of rotatable bonds is 5. The van der Waals surface area contributed by atoms with Gasteiger partial charge < -0.3 is 20.3 Å². The molecule has 0 amide bonds. The number of anilines is 1. The van der Waals surface area contributed by atoms with Crippen LogP contribution in [0.3, 0.4) is 0 Å². The predicted molar refractivity (Wildman–Crippen MR) is 77.0 cm³/mol. The molecule has 6 nitrogen and oxygen atoms in total. The van der Waals surface area contributed by atoms with Crippen LogP contribution in [-0.4, -0.2) is 22.7 Å². The highest BCUT2D eigenvalue weighted by Crippen LogP contribution is 2.27. The van der Waals surface area contributed by atoms with Crippen LogP contribution < -0.4 is 10.5 Å². The fourth-order valence-electron chi connectivity index (χ4n) is 1.74. The fourth-order valence-corrected chi connectivity index (χ4v) is 1.74. The number of carbonyl (C=O) groups excluding carboxylic acids is 1. The highest BCUT2D eigenvalue weighted by molar-refractivity contribution is 5.92. The minimum Gasteiger partial charge on any atom is -0.462 e. The standard InChI is InChI=1S/C15H16N2O4/c1-2-20-15(19)12-7-11(16)8-17-14(12)21-13-6-4-3-5-10(13)9-18/h3-8,18H,2,9,16H2,1H3. The zero-order valence-corrected chi connectivity index (χ0v) is 11.6. The van der Waals surface area contributed by atoms with Gasteiger partial charge in [-0.15, -0.1) is 0 Å². The van der Waals surface area contributed by atoms with Gasteiger partial charge in [0.05, 0.1) is 25.1 Å². The van der Waals surface area contributed by atoms with E-state index in [1.807, 2.05) is 0 Å². The third-order valence-corrected chi connectivity index (χ3v) is 2.72. The molecule has 1 aromatic heterocycles. The summed E-state index contributed by atoms with van der Waals surface area (Å²) in [5.41, 5.74) is 6.71. The second-order valence-corrected chi connectivity index (χ2v) is 4.21. The molecule has 0 aliphatic carbocycles. The van der Waals surface area contributed by atoms with Crippen molar-refractivity contribution in [2.45, 2.75) is 13.5 Å². The van der Waals surface area contributed by atoms with Crippen LogP contribution in [0.1, 0.15) is 22.8 Å². The minimum absolute atomic E-state index is 0.0866. The Labute approximate surface area is 122 Å². The van der Waals surface area contributed by atoms with Crippen LogP contribution in [0.4, 0.5) is 5.69 Å². The summed E-state index contributed by atoms with van der Waals surface area (Å²) in [7, 11) is 0. The topological polar surface area (TPSA) is 94.7 Å². The van der Waals surface area contributed by atoms with Gasteiger partial charge in [-0.05, 0) is 19.1 Å². The quantitative estimate of drug-likeness (QED) is 0.818. The maximum atomic E-state index is 11.9. The molecule has 1 aromatic carbocycles. The number of nitrogen functional groups attached to an aromatic ring is 1. The summed E-state index contributed by atoms with van der Waals surface area (Å²) in [4.78, 5) is 15.9. The number of carbonyl (C=O) groups is 1. The fraction of sp³-hybridized carbons (Fsp3) is 0.200. The van der Waals surface area contributed by atoms with Crippen molar-refractivity contribution in [3.63, 3.8) is 0 Å². The van der Waals surface area contributed by atoms with Crippen molar-refractivity contribution >= 4 is 11.7 Å². The van der Waals surface area contributed by atoms with E-state index in [2.05, 4.69) is 4.98 Å². The van der Waals surface area contributed by atoms with Crippen molar-refractivity contribution in [2.24, 2.45) is 0 Å². The van der Waals surface area contributed by atoms with Crippen LogP contribution in [0.25, 0.3) is 0 Å². The number of aliphatic hydroxyl groups is 1. The Morgan fingerprint density at radius 2 is 2.14 bits per heavy atom. The Morgan fingerprint density at radius 3 is 2.86 bits per heavy atom. The van der Waals surface area contributed by atoms with Gasteiger partial charge in [-0.1, -0.05) is 18.2 Å². The lowest BCUT2D eigenvalue weighted by atomic mass is 10.2. The van der Waals surface area contributed by atoms with Crippen LogP contribution in [0.2, 0.25) is 0 Å². The number of hydrogen-bond acceptors (Lipinski definition) is 6. The van der Waals surface area contributed by atoms with E-state index in [1.165, 1.54) is 12.3 Å². The number of hydrogen-bond donors (Lipinski definition) is 2. The predicted octanol–water partition coefficient (Wildman–Crippen LogP) is 2.13. The summed E-state index contributed by atoms with van der Waals surface area (Å²) >= 11 is 0. The molecule has 0 saturated carbocycles. The number of pyridine rings is 1. The summed E-state index contributed by atoms with van der Waals surface area (Å²) in [5, 5.41) is 9.29. The van der Waals surface area contributed by atoms with Gasteiger partial charge in [0.15, 0.2) is 0 Å². The normalized spacial score (nSPS) is 10.2. The van der Waals surface area contributed by atoms with Gasteiger partial charge in [-0.3, -0.25) is 0 Å². The molecule has 21 heavy (non-hydrogen) atoms. The van der Waals surface area contributed by atoms with Gasteiger partial charge in [-0.25, -0.2) is 9.78 Å². The molecule has 1 heterocycles. The SMILES string of the molecule is CCOC(=O)c1cc(N)cnc1Oc1ccccc1CO. The van der Waals surface area contributed by atoms with Crippen molar-refractivity contribution in [1.29, 1.82) is 0 Å². The summed E-state index contributed by atoms with van der Waals surface area (Å²) in [6.45, 7) is 1.76. The third-order valence-electron chi connectivity index (χ3n) is 2.72. The average Bonchev–Trinajstić information content (AvgIpc) is 2.49. The monoisotopic (exact) mass is 288 g/mol. The Bertz CT molecular complexity index is 643. The number of aliphatic hydroxyl groups excluding tert-OH is 1. The first-order valence-electron chi connectivity index (χ1n) is 6.45. The maximum absolute atomic E-state index is 11.9. The van der Waals surface area contributed by atoms with Crippen LogP contribution >= 0.6 is 0 Å². The van der Waals surface area contributed by atoms with E-state index in [1.54, 1.807) is 31.2 Å². The van der Waals surface area contributed by atoms with Crippen molar-refractivity contribution in [3.05, 3.63) is 47.7 Å².